The third kappa shape index (κ3) is 2.82. The van der Waals surface area contributed by atoms with E-state index < -0.39 is 0 Å². The molecule has 0 aliphatic heterocycles. The first-order valence-corrected chi connectivity index (χ1v) is 6.29. The molecule has 1 aliphatic carbocycles. The molecule has 0 heterocycles. The van der Waals surface area contributed by atoms with Gasteiger partial charge in [0.15, 0.2) is 0 Å². The Balaban J connectivity index is 2.19. The molecule has 1 aromatic carbocycles. The van der Waals surface area contributed by atoms with Crippen LogP contribution in [-0.2, 0) is 4.74 Å². The van der Waals surface area contributed by atoms with Crippen LogP contribution < -0.4 is 5.73 Å². The summed E-state index contributed by atoms with van der Waals surface area (Å²) in [5, 5.41) is 0. The molecule has 0 unspecified atom stereocenters. The Morgan fingerprint density at radius 2 is 2.22 bits per heavy atom. The molecule has 1 fully saturated rings. The average Bonchev–Trinajstić information content (AvgIpc) is 3.17. The van der Waals surface area contributed by atoms with Gasteiger partial charge in [0.25, 0.3) is 5.91 Å². The van der Waals surface area contributed by atoms with E-state index in [1.807, 2.05) is 24.0 Å². The van der Waals surface area contributed by atoms with Gasteiger partial charge in [-0.05, 0) is 37.5 Å². The smallest absolute Gasteiger partial charge is 0.254 e. The first kappa shape index (κ1) is 12.9. The number of anilines is 1. The van der Waals surface area contributed by atoms with E-state index in [1.54, 1.807) is 13.2 Å². The molecule has 98 valence electrons. The van der Waals surface area contributed by atoms with E-state index in [0.29, 0.717) is 30.4 Å². The van der Waals surface area contributed by atoms with Crippen LogP contribution in [0.5, 0.6) is 0 Å². The summed E-state index contributed by atoms with van der Waals surface area (Å²) in [7, 11) is 1.65. The molecule has 0 bridgehead atoms. The topological polar surface area (TPSA) is 55.6 Å². The number of nitrogens with zero attached hydrogens (tertiary/aromatic N) is 1. The van der Waals surface area contributed by atoms with Crippen LogP contribution in [0.1, 0.15) is 28.8 Å². The van der Waals surface area contributed by atoms with Crippen molar-refractivity contribution in [2.75, 3.05) is 26.0 Å². The molecule has 1 amide bonds. The summed E-state index contributed by atoms with van der Waals surface area (Å²) in [6.45, 7) is 3.16. The summed E-state index contributed by atoms with van der Waals surface area (Å²) in [4.78, 5) is 14.4. The highest BCUT2D eigenvalue weighted by Gasteiger charge is 2.33. The summed E-state index contributed by atoms with van der Waals surface area (Å²) < 4.78 is 5.07. The Bertz CT molecular complexity index is 441. The van der Waals surface area contributed by atoms with E-state index in [1.165, 1.54) is 0 Å². The second-order valence-electron chi connectivity index (χ2n) is 4.80. The molecule has 0 spiro atoms. The fraction of sp³-hybridized carbons (Fsp3) is 0.500. The molecule has 1 saturated carbocycles. The molecule has 18 heavy (non-hydrogen) atoms. The lowest BCUT2D eigenvalue weighted by atomic mass is 10.1. The van der Waals surface area contributed by atoms with Crippen LogP contribution in [0.3, 0.4) is 0 Å². The standard InChI is InChI=1S/C14H20N2O2/c1-10-3-4-11(15)9-13(10)14(17)16(7-8-18-2)12-5-6-12/h3-4,9,12H,5-8,15H2,1-2H3. The van der Waals surface area contributed by atoms with E-state index >= 15 is 0 Å². The summed E-state index contributed by atoms with van der Waals surface area (Å²) in [6.07, 6.45) is 2.19. The number of nitrogens with two attached hydrogens (primary N) is 1. The minimum atomic E-state index is 0.0688. The van der Waals surface area contributed by atoms with Crippen LogP contribution in [0.25, 0.3) is 0 Å². The number of amides is 1. The maximum Gasteiger partial charge on any atom is 0.254 e. The molecular weight excluding hydrogens is 228 g/mol. The van der Waals surface area contributed by atoms with Gasteiger partial charge in [0, 0.05) is 30.9 Å². The Labute approximate surface area is 108 Å². The van der Waals surface area contributed by atoms with Gasteiger partial charge in [0.1, 0.15) is 0 Å². The number of carbonyl (C=O) groups excluding carboxylic acids is 1. The van der Waals surface area contributed by atoms with Crippen molar-refractivity contribution < 1.29 is 9.53 Å². The fourth-order valence-corrected chi connectivity index (χ4v) is 2.05. The van der Waals surface area contributed by atoms with Gasteiger partial charge < -0.3 is 15.4 Å². The van der Waals surface area contributed by atoms with E-state index in [2.05, 4.69) is 0 Å². The van der Waals surface area contributed by atoms with Gasteiger partial charge >= 0.3 is 0 Å². The Hall–Kier alpha value is -1.55. The summed E-state index contributed by atoms with van der Waals surface area (Å²) in [6, 6.07) is 5.86. The number of benzene rings is 1. The third-order valence-corrected chi connectivity index (χ3v) is 3.28. The van der Waals surface area contributed by atoms with Crippen molar-refractivity contribution in [3.63, 3.8) is 0 Å². The highest BCUT2D eigenvalue weighted by Crippen LogP contribution is 2.29. The molecule has 4 heteroatoms. The largest absolute Gasteiger partial charge is 0.399 e. The molecule has 0 radical (unpaired) electrons. The van der Waals surface area contributed by atoms with Gasteiger partial charge in [-0.25, -0.2) is 0 Å². The molecule has 0 saturated heterocycles. The quantitative estimate of drug-likeness (QED) is 0.809. The van der Waals surface area contributed by atoms with Crippen molar-refractivity contribution in [1.82, 2.24) is 4.90 Å². The zero-order valence-corrected chi connectivity index (χ0v) is 11.0. The van der Waals surface area contributed by atoms with Gasteiger partial charge in [-0.2, -0.15) is 0 Å². The molecule has 0 atom stereocenters. The zero-order valence-electron chi connectivity index (χ0n) is 11.0. The van der Waals surface area contributed by atoms with Crippen molar-refractivity contribution in [3.8, 4) is 0 Å². The lowest BCUT2D eigenvalue weighted by Gasteiger charge is -2.23. The van der Waals surface area contributed by atoms with E-state index in [0.717, 1.165) is 18.4 Å². The highest BCUT2D eigenvalue weighted by molar-refractivity contribution is 5.96. The average molecular weight is 248 g/mol. The predicted molar refractivity (Wildman–Crippen MR) is 71.5 cm³/mol. The number of nitrogen functional groups attached to an aromatic ring is 1. The number of hydrogen-bond donors (Lipinski definition) is 1. The lowest BCUT2D eigenvalue weighted by Crippen LogP contribution is -2.36. The van der Waals surface area contributed by atoms with Crippen molar-refractivity contribution in [3.05, 3.63) is 29.3 Å². The van der Waals surface area contributed by atoms with E-state index in [-0.39, 0.29) is 5.91 Å². The summed E-state index contributed by atoms with van der Waals surface area (Å²) in [5.41, 5.74) is 8.07. The number of carbonyl (C=O) groups is 1. The van der Waals surface area contributed by atoms with Crippen LogP contribution in [-0.4, -0.2) is 37.1 Å². The first-order valence-electron chi connectivity index (χ1n) is 6.29. The van der Waals surface area contributed by atoms with Crippen LogP contribution in [0.15, 0.2) is 18.2 Å². The number of aryl methyl sites for hydroxylation is 1. The molecule has 0 aromatic heterocycles. The van der Waals surface area contributed by atoms with Gasteiger partial charge in [0.05, 0.1) is 6.61 Å². The fourth-order valence-electron chi connectivity index (χ4n) is 2.05. The van der Waals surface area contributed by atoms with Crippen molar-refractivity contribution >= 4 is 11.6 Å². The SMILES string of the molecule is COCCN(C(=O)c1cc(N)ccc1C)C1CC1. The second-order valence-corrected chi connectivity index (χ2v) is 4.80. The Kier molecular flexibility index (Phi) is 3.87. The van der Waals surface area contributed by atoms with Gasteiger partial charge in [-0.15, -0.1) is 0 Å². The molecule has 1 aliphatic rings. The summed E-state index contributed by atoms with van der Waals surface area (Å²) >= 11 is 0. The van der Waals surface area contributed by atoms with Crippen molar-refractivity contribution in [2.45, 2.75) is 25.8 Å². The minimum Gasteiger partial charge on any atom is -0.399 e. The number of methoxy groups -OCH3 is 1. The minimum absolute atomic E-state index is 0.0688. The maximum atomic E-state index is 12.5. The molecule has 1 aromatic rings. The van der Waals surface area contributed by atoms with E-state index in [9.17, 15) is 4.79 Å². The first-order chi connectivity index (χ1) is 8.63. The van der Waals surface area contributed by atoms with Crippen LogP contribution in [0.4, 0.5) is 5.69 Å². The van der Waals surface area contributed by atoms with Crippen molar-refractivity contribution in [1.29, 1.82) is 0 Å². The Morgan fingerprint density at radius 3 is 2.83 bits per heavy atom. The van der Waals surface area contributed by atoms with Crippen LogP contribution in [0.2, 0.25) is 0 Å². The third-order valence-electron chi connectivity index (χ3n) is 3.28. The van der Waals surface area contributed by atoms with Gasteiger partial charge in [0.2, 0.25) is 0 Å². The molecular formula is C14H20N2O2. The number of rotatable bonds is 5. The zero-order chi connectivity index (χ0) is 13.1. The number of ether oxygens (including phenoxy) is 1. The molecule has 2 rings (SSSR count). The Morgan fingerprint density at radius 1 is 1.50 bits per heavy atom. The number of hydrogen-bond acceptors (Lipinski definition) is 3. The van der Waals surface area contributed by atoms with E-state index in [4.69, 9.17) is 10.5 Å². The maximum absolute atomic E-state index is 12.5. The predicted octanol–water partition coefficient (Wildman–Crippen LogP) is 1.83. The normalized spacial score (nSPS) is 14.6. The summed E-state index contributed by atoms with van der Waals surface area (Å²) in [5.74, 6) is 0.0688. The highest BCUT2D eigenvalue weighted by atomic mass is 16.5. The molecule has 4 nitrogen and oxygen atoms in total. The van der Waals surface area contributed by atoms with Crippen molar-refractivity contribution in [2.24, 2.45) is 0 Å². The second kappa shape index (κ2) is 5.40. The lowest BCUT2D eigenvalue weighted by molar-refractivity contribution is 0.0679. The van der Waals surface area contributed by atoms with Gasteiger partial charge in [-0.3, -0.25) is 4.79 Å². The monoisotopic (exact) mass is 248 g/mol. The van der Waals surface area contributed by atoms with Crippen LogP contribution >= 0.6 is 0 Å². The molecule has 2 N–H and O–H groups in total. The van der Waals surface area contributed by atoms with Gasteiger partial charge in [-0.1, -0.05) is 6.07 Å². The van der Waals surface area contributed by atoms with Crippen LogP contribution in [0, 0.1) is 6.92 Å².